The fourth-order valence-corrected chi connectivity index (χ4v) is 2.74. The summed E-state index contributed by atoms with van der Waals surface area (Å²) in [6.07, 6.45) is -5.51. The molecule has 0 aromatic carbocycles. The molecule has 1 aromatic rings. The van der Waals surface area contributed by atoms with Crippen molar-refractivity contribution in [2.24, 2.45) is 0 Å². The number of aromatic nitrogens is 1. The lowest BCUT2D eigenvalue weighted by atomic mass is 9.92. The zero-order chi connectivity index (χ0) is 17.4. The van der Waals surface area contributed by atoms with Crippen molar-refractivity contribution >= 4 is 23.4 Å². The molecule has 1 fully saturated rings. The van der Waals surface area contributed by atoms with E-state index in [1.807, 2.05) is 0 Å². The highest BCUT2D eigenvalue weighted by molar-refractivity contribution is 6.30. The Kier molecular flexibility index (Phi) is 4.64. The number of nitrogens with zero attached hydrogens (tertiary/aromatic N) is 3. The molecule has 126 valence electrons. The number of piperidine rings is 1. The van der Waals surface area contributed by atoms with Gasteiger partial charge in [-0.1, -0.05) is 11.6 Å². The number of rotatable bonds is 2. The quantitative estimate of drug-likeness (QED) is 0.498. The third-order valence-electron chi connectivity index (χ3n) is 3.64. The Morgan fingerprint density at radius 3 is 2.43 bits per heavy atom. The predicted molar refractivity (Wildman–Crippen MR) is 72.5 cm³/mol. The molecule has 1 saturated heterocycles. The molecule has 0 aliphatic carbocycles. The number of alkyl halides is 3. The highest BCUT2D eigenvalue weighted by Crippen LogP contribution is 2.40. The van der Waals surface area contributed by atoms with Crippen LogP contribution in [0, 0.1) is 10.1 Å². The maximum atomic E-state index is 12.8. The van der Waals surface area contributed by atoms with E-state index in [0.717, 1.165) is 4.90 Å². The second-order valence-corrected chi connectivity index (χ2v) is 5.39. The Balaban J connectivity index is 2.38. The lowest BCUT2D eigenvalue weighted by Gasteiger charge is -2.29. The molecular weight excluding hydrogens is 343 g/mol. The third kappa shape index (κ3) is 3.63. The first-order chi connectivity index (χ1) is 10.6. The molecule has 0 saturated carbocycles. The maximum Gasteiger partial charge on any atom is 0.419 e. The number of amides is 1. The number of carbonyl (C=O) groups is 1. The average molecular weight is 354 g/mol. The van der Waals surface area contributed by atoms with Crippen LogP contribution in [0.5, 0.6) is 0 Å². The van der Waals surface area contributed by atoms with Crippen molar-refractivity contribution in [2.75, 3.05) is 13.1 Å². The molecule has 7 nitrogen and oxygen atoms in total. The standard InChI is InChI=1S/C12H11ClF3N3O4/c13-10-7(12(14,15)16)5-8(19(22)23)9(17-10)6-1-3-18(4-2-6)11(20)21/h5-6H,1-4H2,(H,20,21). The van der Waals surface area contributed by atoms with Crippen LogP contribution in [0.25, 0.3) is 0 Å². The fraction of sp³-hybridized carbons (Fsp3) is 0.500. The van der Waals surface area contributed by atoms with E-state index >= 15 is 0 Å². The minimum absolute atomic E-state index is 0.122. The SMILES string of the molecule is O=C(O)N1CCC(c2nc(Cl)c(C(F)(F)F)cc2[N+](=O)[O-])CC1. The summed E-state index contributed by atoms with van der Waals surface area (Å²) in [6, 6.07) is 0.383. The predicted octanol–water partition coefficient (Wildman–Crippen LogP) is 3.52. The molecule has 1 N–H and O–H groups in total. The van der Waals surface area contributed by atoms with Gasteiger partial charge in [0.2, 0.25) is 0 Å². The Bertz CT molecular complexity index is 645. The zero-order valence-electron chi connectivity index (χ0n) is 11.5. The van der Waals surface area contributed by atoms with Crippen LogP contribution in [0.15, 0.2) is 6.07 Å². The first-order valence-electron chi connectivity index (χ1n) is 6.51. The van der Waals surface area contributed by atoms with Crippen LogP contribution in [0.2, 0.25) is 5.15 Å². The number of pyridine rings is 1. The van der Waals surface area contributed by atoms with Crippen LogP contribution in [-0.2, 0) is 6.18 Å². The lowest BCUT2D eigenvalue weighted by molar-refractivity contribution is -0.386. The van der Waals surface area contributed by atoms with Gasteiger partial charge in [0.15, 0.2) is 0 Å². The van der Waals surface area contributed by atoms with Crippen LogP contribution in [0.3, 0.4) is 0 Å². The van der Waals surface area contributed by atoms with Crippen molar-refractivity contribution in [3.8, 4) is 0 Å². The summed E-state index contributed by atoms with van der Waals surface area (Å²) >= 11 is 5.53. The summed E-state index contributed by atoms with van der Waals surface area (Å²) in [5.41, 5.74) is -2.26. The minimum Gasteiger partial charge on any atom is -0.465 e. The summed E-state index contributed by atoms with van der Waals surface area (Å²) < 4.78 is 38.4. The second kappa shape index (κ2) is 6.19. The van der Waals surface area contributed by atoms with E-state index in [1.165, 1.54) is 0 Å². The largest absolute Gasteiger partial charge is 0.465 e. The van der Waals surface area contributed by atoms with Gasteiger partial charge >= 0.3 is 12.3 Å². The Morgan fingerprint density at radius 2 is 2.00 bits per heavy atom. The van der Waals surface area contributed by atoms with Crippen LogP contribution in [-0.4, -0.2) is 39.1 Å². The Labute approximate surface area is 132 Å². The summed E-state index contributed by atoms with van der Waals surface area (Å²) in [7, 11) is 0. The van der Waals surface area contributed by atoms with E-state index in [9.17, 15) is 28.1 Å². The summed E-state index contributed by atoms with van der Waals surface area (Å²) in [5, 5.41) is 19.1. The van der Waals surface area contributed by atoms with Gasteiger partial charge in [-0.05, 0) is 12.8 Å². The smallest absolute Gasteiger partial charge is 0.419 e. The van der Waals surface area contributed by atoms with Gasteiger partial charge in [0.25, 0.3) is 5.69 Å². The molecule has 0 radical (unpaired) electrons. The van der Waals surface area contributed by atoms with Gasteiger partial charge < -0.3 is 10.0 Å². The molecule has 0 bridgehead atoms. The van der Waals surface area contributed by atoms with Gasteiger partial charge in [-0.3, -0.25) is 10.1 Å². The van der Waals surface area contributed by atoms with Crippen LogP contribution in [0.4, 0.5) is 23.7 Å². The van der Waals surface area contributed by atoms with Crippen LogP contribution < -0.4 is 0 Å². The monoisotopic (exact) mass is 353 g/mol. The number of nitro groups is 1. The molecule has 1 amide bonds. The second-order valence-electron chi connectivity index (χ2n) is 5.03. The van der Waals surface area contributed by atoms with E-state index in [4.69, 9.17) is 16.7 Å². The van der Waals surface area contributed by atoms with E-state index < -0.39 is 39.5 Å². The van der Waals surface area contributed by atoms with Crippen molar-refractivity contribution in [2.45, 2.75) is 24.9 Å². The fourth-order valence-electron chi connectivity index (χ4n) is 2.48. The number of likely N-dealkylation sites (tertiary alicyclic amines) is 1. The Morgan fingerprint density at radius 1 is 1.43 bits per heavy atom. The molecule has 0 spiro atoms. The molecular formula is C12H11ClF3N3O4. The zero-order valence-corrected chi connectivity index (χ0v) is 12.3. The van der Waals surface area contributed by atoms with Gasteiger partial charge in [0.1, 0.15) is 10.8 Å². The summed E-state index contributed by atoms with van der Waals surface area (Å²) in [4.78, 5) is 25.7. The number of hydrogen-bond donors (Lipinski definition) is 1. The van der Waals surface area contributed by atoms with Crippen molar-refractivity contribution in [3.05, 3.63) is 32.6 Å². The molecule has 11 heteroatoms. The highest BCUT2D eigenvalue weighted by atomic mass is 35.5. The molecule has 23 heavy (non-hydrogen) atoms. The molecule has 2 rings (SSSR count). The van der Waals surface area contributed by atoms with Gasteiger partial charge in [0, 0.05) is 25.1 Å². The first-order valence-corrected chi connectivity index (χ1v) is 6.89. The van der Waals surface area contributed by atoms with E-state index in [0.29, 0.717) is 6.07 Å². The number of hydrogen-bond acceptors (Lipinski definition) is 4. The average Bonchev–Trinajstić information content (AvgIpc) is 2.45. The normalized spacial score (nSPS) is 16.4. The van der Waals surface area contributed by atoms with Crippen molar-refractivity contribution in [1.29, 1.82) is 0 Å². The van der Waals surface area contributed by atoms with E-state index in [-0.39, 0.29) is 31.6 Å². The summed E-state index contributed by atoms with van der Waals surface area (Å²) in [6.45, 7) is 0.245. The number of halogens is 4. The van der Waals surface area contributed by atoms with Crippen molar-refractivity contribution < 1.29 is 28.0 Å². The van der Waals surface area contributed by atoms with Crippen LogP contribution in [0.1, 0.15) is 30.0 Å². The molecule has 0 unspecified atom stereocenters. The van der Waals surface area contributed by atoms with Gasteiger partial charge in [0.05, 0.1) is 10.5 Å². The van der Waals surface area contributed by atoms with Gasteiger partial charge in [-0.15, -0.1) is 0 Å². The summed E-state index contributed by atoms with van der Waals surface area (Å²) in [5.74, 6) is -0.522. The molecule has 2 heterocycles. The molecule has 1 aromatic heterocycles. The maximum absolute atomic E-state index is 12.8. The molecule has 1 aliphatic heterocycles. The highest BCUT2D eigenvalue weighted by Gasteiger charge is 2.38. The molecule has 0 atom stereocenters. The van der Waals surface area contributed by atoms with Gasteiger partial charge in [-0.25, -0.2) is 9.78 Å². The van der Waals surface area contributed by atoms with Gasteiger partial charge in [-0.2, -0.15) is 13.2 Å². The Hall–Kier alpha value is -2.10. The van der Waals surface area contributed by atoms with E-state index in [2.05, 4.69) is 4.98 Å². The van der Waals surface area contributed by atoms with Crippen LogP contribution >= 0.6 is 11.6 Å². The first kappa shape index (κ1) is 17.3. The van der Waals surface area contributed by atoms with E-state index in [1.54, 1.807) is 0 Å². The van der Waals surface area contributed by atoms with Crippen molar-refractivity contribution in [1.82, 2.24) is 9.88 Å². The minimum atomic E-state index is -4.85. The number of carboxylic acid groups (broad SMARTS) is 1. The lowest BCUT2D eigenvalue weighted by Crippen LogP contribution is -2.37. The topological polar surface area (TPSA) is 96.6 Å². The molecule has 1 aliphatic rings. The third-order valence-corrected chi connectivity index (χ3v) is 3.93. The van der Waals surface area contributed by atoms with Crippen molar-refractivity contribution in [3.63, 3.8) is 0 Å².